The summed E-state index contributed by atoms with van der Waals surface area (Å²) in [7, 11) is 0. The summed E-state index contributed by atoms with van der Waals surface area (Å²) in [5.41, 5.74) is 2.46. The van der Waals surface area contributed by atoms with Crippen LogP contribution in [-0.4, -0.2) is 12.1 Å². The van der Waals surface area contributed by atoms with Crippen molar-refractivity contribution in [3.63, 3.8) is 0 Å². The Labute approximate surface area is 117 Å². The average molecular weight is 264 g/mol. The monoisotopic (exact) mass is 264 g/mol. The van der Waals surface area contributed by atoms with Gasteiger partial charge in [0.2, 0.25) is 0 Å². The highest BCUT2D eigenvalue weighted by molar-refractivity contribution is 5.66. The molecule has 2 atom stereocenters. The van der Waals surface area contributed by atoms with Crippen LogP contribution in [0.3, 0.4) is 0 Å². The van der Waals surface area contributed by atoms with Gasteiger partial charge in [0.05, 0.1) is 0 Å². The van der Waals surface area contributed by atoms with Gasteiger partial charge in [-0.2, -0.15) is 0 Å². The van der Waals surface area contributed by atoms with E-state index in [0.717, 1.165) is 37.2 Å². The van der Waals surface area contributed by atoms with E-state index in [4.69, 9.17) is 4.74 Å². The normalized spacial score (nSPS) is 25.9. The van der Waals surface area contributed by atoms with Crippen LogP contribution in [0.1, 0.15) is 59.8 Å². The predicted molar refractivity (Wildman–Crippen MR) is 79.9 cm³/mol. The Morgan fingerprint density at radius 3 is 2.58 bits per heavy atom. The maximum atomic E-state index is 11.2. The maximum Gasteiger partial charge on any atom is 0.303 e. The molecule has 0 saturated heterocycles. The lowest BCUT2D eigenvalue weighted by molar-refractivity contribution is -0.144. The van der Waals surface area contributed by atoms with Crippen molar-refractivity contribution < 1.29 is 9.53 Å². The van der Waals surface area contributed by atoms with Gasteiger partial charge in [-0.1, -0.05) is 32.1 Å². The van der Waals surface area contributed by atoms with Gasteiger partial charge >= 0.3 is 5.97 Å². The number of carbonyl (C=O) groups is 1. The van der Waals surface area contributed by atoms with Gasteiger partial charge < -0.3 is 4.74 Å². The highest BCUT2D eigenvalue weighted by Gasteiger charge is 2.20. The summed E-state index contributed by atoms with van der Waals surface area (Å²) in [4.78, 5) is 11.2. The lowest BCUT2D eigenvalue weighted by atomic mass is 9.83. The van der Waals surface area contributed by atoms with E-state index in [1.807, 2.05) is 0 Å². The fourth-order valence-electron chi connectivity index (χ4n) is 2.66. The summed E-state index contributed by atoms with van der Waals surface area (Å²) < 4.78 is 5.40. The molecule has 0 N–H and O–H groups in total. The SMILES string of the molecule is C=C1CCC(C(C)C)CCC(C)=CCC1OC(C)=O. The first-order valence-corrected chi connectivity index (χ1v) is 7.40. The highest BCUT2D eigenvalue weighted by Crippen LogP contribution is 2.29. The molecule has 1 rings (SSSR count). The fourth-order valence-corrected chi connectivity index (χ4v) is 2.66. The zero-order valence-electron chi connectivity index (χ0n) is 12.9. The van der Waals surface area contributed by atoms with Gasteiger partial charge in [0.1, 0.15) is 6.10 Å². The summed E-state index contributed by atoms with van der Waals surface area (Å²) in [5, 5.41) is 0. The summed E-state index contributed by atoms with van der Waals surface area (Å²) in [6.07, 6.45) is 7.37. The average Bonchev–Trinajstić information content (AvgIpc) is 2.32. The van der Waals surface area contributed by atoms with Crippen LogP contribution in [0.2, 0.25) is 0 Å². The van der Waals surface area contributed by atoms with Crippen LogP contribution >= 0.6 is 0 Å². The molecule has 0 bridgehead atoms. The molecule has 0 radical (unpaired) electrons. The van der Waals surface area contributed by atoms with E-state index in [-0.39, 0.29) is 12.1 Å². The predicted octanol–water partition coefficient (Wildman–Crippen LogP) is 4.66. The molecule has 1 aliphatic carbocycles. The van der Waals surface area contributed by atoms with Gasteiger partial charge in [-0.05, 0) is 50.0 Å². The molecule has 0 aromatic carbocycles. The molecule has 2 unspecified atom stereocenters. The van der Waals surface area contributed by atoms with Crippen molar-refractivity contribution in [2.24, 2.45) is 11.8 Å². The Bertz CT molecular complexity index is 352. The van der Waals surface area contributed by atoms with E-state index in [1.165, 1.54) is 18.9 Å². The fraction of sp³-hybridized carbons (Fsp3) is 0.706. The lowest BCUT2D eigenvalue weighted by Crippen LogP contribution is -2.20. The zero-order chi connectivity index (χ0) is 14.4. The molecule has 2 nitrogen and oxygen atoms in total. The van der Waals surface area contributed by atoms with Crippen molar-refractivity contribution in [1.82, 2.24) is 0 Å². The molecule has 0 aliphatic heterocycles. The van der Waals surface area contributed by atoms with Crippen LogP contribution in [0.15, 0.2) is 23.8 Å². The zero-order valence-corrected chi connectivity index (χ0v) is 12.9. The van der Waals surface area contributed by atoms with E-state index < -0.39 is 0 Å². The standard InChI is InChI=1S/C17H28O2/c1-12(2)16-9-6-13(3)7-11-17(19-15(5)18)14(4)8-10-16/h7,12,16-17H,4,6,8-11H2,1-3,5H3. The number of esters is 1. The Hall–Kier alpha value is -1.05. The van der Waals surface area contributed by atoms with Crippen LogP contribution in [-0.2, 0) is 9.53 Å². The second-order valence-corrected chi connectivity index (χ2v) is 6.12. The van der Waals surface area contributed by atoms with Crippen molar-refractivity contribution in [3.05, 3.63) is 23.8 Å². The summed E-state index contributed by atoms with van der Waals surface area (Å²) in [6, 6.07) is 0. The molecule has 0 spiro atoms. The Balaban J connectivity index is 2.79. The third-order valence-electron chi connectivity index (χ3n) is 4.13. The summed E-state index contributed by atoms with van der Waals surface area (Å²) in [6.45, 7) is 12.4. The van der Waals surface area contributed by atoms with Gasteiger partial charge in [-0.25, -0.2) is 0 Å². The van der Waals surface area contributed by atoms with Crippen molar-refractivity contribution in [2.75, 3.05) is 0 Å². The molecular formula is C17H28O2. The molecule has 0 fully saturated rings. The third-order valence-corrected chi connectivity index (χ3v) is 4.13. The third kappa shape index (κ3) is 5.63. The molecule has 108 valence electrons. The number of hydrogen-bond donors (Lipinski definition) is 0. The first kappa shape index (κ1) is 16.0. The minimum absolute atomic E-state index is 0.140. The number of hydrogen-bond acceptors (Lipinski definition) is 2. The Morgan fingerprint density at radius 2 is 2.00 bits per heavy atom. The second kappa shape index (κ2) is 7.52. The van der Waals surface area contributed by atoms with Crippen molar-refractivity contribution in [3.8, 4) is 0 Å². The van der Waals surface area contributed by atoms with Crippen molar-refractivity contribution in [1.29, 1.82) is 0 Å². The molecule has 2 heteroatoms. The Kier molecular flexibility index (Phi) is 6.33. The molecule has 1 aliphatic rings. The highest BCUT2D eigenvalue weighted by atomic mass is 16.5. The van der Waals surface area contributed by atoms with Crippen LogP contribution in [0, 0.1) is 11.8 Å². The van der Waals surface area contributed by atoms with Crippen molar-refractivity contribution >= 4 is 5.97 Å². The number of ether oxygens (including phenoxy) is 1. The lowest BCUT2D eigenvalue weighted by Gasteiger charge is -2.25. The first-order valence-electron chi connectivity index (χ1n) is 7.40. The molecule has 0 heterocycles. The van der Waals surface area contributed by atoms with Gasteiger partial charge in [0.25, 0.3) is 0 Å². The van der Waals surface area contributed by atoms with Crippen LogP contribution in [0.4, 0.5) is 0 Å². The second-order valence-electron chi connectivity index (χ2n) is 6.12. The van der Waals surface area contributed by atoms with Gasteiger partial charge in [0.15, 0.2) is 0 Å². The van der Waals surface area contributed by atoms with Gasteiger partial charge in [0, 0.05) is 13.3 Å². The van der Waals surface area contributed by atoms with Crippen LogP contribution < -0.4 is 0 Å². The number of carbonyl (C=O) groups excluding carboxylic acids is 1. The van der Waals surface area contributed by atoms with Crippen LogP contribution in [0.25, 0.3) is 0 Å². The minimum atomic E-state index is -0.213. The molecule has 19 heavy (non-hydrogen) atoms. The first-order chi connectivity index (χ1) is 8.90. The van der Waals surface area contributed by atoms with E-state index in [1.54, 1.807) is 0 Å². The van der Waals surface area contributed by atoms with Crippen LogP contribution in [0.5, 0.6) is 0 Å². The van der Waals surface area contributed by atoms with E-state index in [9.17, 15) is 4.79 Å². The van der Waals surface area contributed by atoms with E-state index in [2.05, 4.69) is 33.4 Å². The topological polar surface area (TPSA) is 26.3 Å². The van der Waals surface area contributed by atoms with E-state index >= 15 is 0 Å². The number of allylic oxidation sites excluding steroid dienone is 1. The molecule has 0 aromatic rings. The number of rotatable bonds is 2. The largest absolute Gasteiger partial charge is 0.458 e. The summed E-state index contributed by atoms with van der Waals surface area (Å²) >= 11 is 0. The van der Waals surface area contributed by atoms with Gasteiger partial charge in [-0.3, -0.25) is 4.79 Å². The maximum absolute atomic E-state index is 11.2. The van der Waals surface area contributed by atoms with E-state index in [0.29, 0.717) is 5.92 Å². The van der Waals surface area contributed by atoms with Crippen molar-refractivity contribution in [2.45, 2.75) is 65.9 Å². The minimum Gasteiger partial charge on any atom is -0.458 e. The quantitative estimate of drug-likeness (QED) is 0.535. The molecule has 0 aromatic heterocycles. The smallest absolute Gasteiger partial charge is 0.303 e. The Morgan fingerprint density at radius 1 is 1.37 bits per heavy atom. The molecule has 0 saturated carbocycles. The molecular weight excluding hydrogens is 236 g/mol. The van der Waals surface area contributed by atoms with Gasteiger partial charge in [-0.15, -0.1) is 0 Å². The summed E-state index contributed by atoms with van der Waals surface area (Å²) in [5.74, 6) is 1.22. The molecule has 0 amide bonds.